The van der Waals surface area contributed by atoms with Gasteiger partial charge >= 0.3 is 0 Å². The van der Waals surface area contributed by atoms with Crippen LogP contribution in [0.15, 0.2) is 67.0 Å². The second kappa shape index (κ2) is 10.1. The highest BCUT2D eigenvalue weighted by molar-refractivity contribution is 6.31. The third kappa shape index (κ3) is 5.46. The fourth-order valence-corrected chi connectivity index (χ4v) is 3.20. The molecule has 0 aliphatic rings. The Morgan fingerprint density at radius 3 is 2.42 bits per heavy atom. The summed E-state index contributed by atoms with van der Waals surface area (Å²) >= 11 is 5.86. The van der Waals surface area contributed by atoms with E-state index < -0.39 is 11.7 Å². The van der Waals surface area contributed by atoms with Crippen molar-refractivity contribution in [3.8, 4) is 11.5 Å². The SMILES string of the molecule is O=C(NO)c1ccc(OCCOc2ccc3ncnc(Nc4ccc(F)c(Cl)c4)c3c2)cc1. The summed E-state index contributed by atoms with van der Waals surface area (Å²) in [4.78, 5) is 19.9. The summed E-state index contributed by atoms with van der Waals surface area (Å²) in [5.74, 6) is 0.581. The monoisotopic (exact) mass is 468 g/mol. The second-order valence-corrected chi connectivity index (χ2v) is 7.22. The molecule has 0 unspecified atom stereocenters. The summed E-state index contributed by atoms with van der Waals surface area (Å²) in [6, 6.07) is 16.0. The number of fused-ring (bicyclic) bond motifs is 1. The third-order valence-corrected chi connectivity index (χ3v) is 4.92. The van der Waals surface area contributed by atoms with Crippen molar-refractivity contribution in [2.45, 2.75) is 0 Å². The van der Waals surface area contributed by atoms with Crippen LogP contribution in [0.2, 0.25) is 5.02 Å². The lowest BCUT2D eigenvalue weighted by Crippen LogP contribution is -2.18. The molecule has 4 aromatic rings. The fraction of sp³-hybridized carbons (Fsp3) is 0.0870. The summed E-state index contributed by atoms with van der Waals surface area (Å²) in [5, 5.41) is 12.5. The van der Waals surface area contributed by atoms with Gasteiger partial charge in [0.1, 0.15) is 42.7 Å². The number of aromatic nitrogens is 2. The Balaban J connectivity index is 1.39. The number of halogens is 2. The summed E-state index contributed by atoms with van der Waals surface area (Å²) in [5.41, 5.74) is 3.18. The van der Waals surface area contributed by atoms with Crippen LogP contribution in [0, 0.1) is 5.82 Å². The van der Waals surface area contributed by atoms with E-state index in [-0.39, 0.29) is 18.2 Å². The number of nitrogens with one attached hydrogen (secondary N) is 2. The minimum Gasteiger partial charge on any atom is -0.490 e. The molecule has 0 bridgehead atoms. The maximum atomic E-state index is 13.4. The summed E-state index contributed by atoms with van der Waals surface area (Å²) in [6.45, 7) is 0.544. The molecule has 0 fully saturated rings. The Morgan fingerprint density at radius 1 is 0.970 bits per heavy atom. The molecule has 1 aromatic heterocycles. The first-order valence-electron chi connectivity index (χ1n) is 9.80. The quantitative estimate of drug-likeness (QED) is 0.195. The molecule has 8 nitrogen and oxygen atoms in total. The molecule has 0 atom stereocenters. The van der Waals surface area contributed by atoms with E-state index in [4.69, 9.17) is 26.3 Å². The number of hydrogen-bond acceptors (Lipinski definition) is 7. The van der Waals surface area contributed by atoms with E-state index in [1.54, 1.807) is 41.9 Å². The maximum Gasteiger partial charge on any atom is 0.274 e. The van der Waals surface area contributed by atoms with E-state index in [0.717, 1.165) is 0 Å². The first kappa shape index (κ1) is 22.3. The van der Waals surface area contributed by atoms with Crippen LogP contribution in [-0.4, -0.2) is 34.3 Å². The molecule has 4 rings (SSSR count). The van der Waals surface area contributed by atoms with Gasteiger partial charge in [0, 0.05) is 16.6 Å². The Kier molecular flexibility index (Phi) is 6.82. The average Bonchev–Trinajstić information content (AvgIpc) is 2.84. The van der Waals surface area contributed by atoms with Crippen molar-refractivity contribution < 1.29 is 23.9 Å². The Hall–Kier alpha value is -3.95. The van der Waals surface area contributed by atoms with Crippen LogP contribution >= 0.6 is 11.6 Å². The Labute approximate surface area is 192 Å². The number of rotatable bonds is 8. The average molecular weight is 469 g/mol. The summed E-state index contributed by atoms with van der Waals surface area (Å²) in [7, 11) is 0. The minimum atomic E-state index is -0.596. The molecule has 1 heterocycles. The van der Waals surface area contributed by atoms with Gasteiger partial charge in [0.15, 0.2) is 0 Å². The van der Waals surface area contributed by atoms with Crippen LogP contribution in [-0.2, 0) is 0 Å². The third-order valence-electron chi connectivity index (χ3n) is 4.63. The Morgan fingerprint density at radius 2 is 1.70 bits per heavy atom. The predicted octanol–water partition coefficient (Wildman–Crippen LogP) is 4.74. The highest BCUT2D eigenvalue weighted by Crippen LogP contribution is 2.28. The number of hydrogen-bond donors (Lipinski definition) is 3. The van der Waals surface area contributed by atoms with Gasteiger partial charge in [0.05, 0.1) is 10.5 Å². The number of hydroxylamine groups is 1. The molecule has 3 aromatic carbocycles. The lowest BCUT2D eigenvalue weighted by molar-refractivity contribution is 0.0706. The van der Waals surface area contributed by atoms with Gasteiger partial charge in [-0.1, -0.05) is 11.6 Å². The van der Waals surface area contributed by atoms with E-state index in [1.807, 2.05) is 0 Å². The predicted molar refractivity (Wildman–Crippen MR) is 121 cm³/mol. The molecule has 3 N–H and O–H groups in total. The molecule has 33 heavy (non-hydrogen) atoms. The molecule has 168 valence electrons. The van der Waals surface area contributed by atoms with Crippen molar-refractivity contribution in [3.63, 3.8) is 0 Å². The molecule has 0 aliphatic carbocycles. The lowest BCUT2D eigenvalue weighted by Gasteiger charge is -2.12. The van der Waals surface area contributed by atoms with Gasteiger partial charge in [-0.25, -0.2) is 19.8 Å². The number of benzene rings is 3. The molecule has 10 heteroatoms. The number of ether oxygens (including phenoxy) is 2. The Bertz CT molecular complexity index is 1290. The largest absolute Gasteiger partial charge is 0.490 e. The van der Waals surface area contributed by atoms with Crippen LogP contribution in [0.5, 0.6) is 11.5 Å². The van der Waals surface area contributed by atoms with E-state index >= 15 is 0 Å². The fourth-order valence-electron chi connectivity index (χ4n) is 3.02. The standard InChI is InChI=1S/C23H18ClFN4O4/c24-19-11-15(3-7-20(19)25)28-22-18-12-17(6-8-21(18)26-13-27-22)33-10-9-32-16-4-1-14(2-5-16)23(30)29-31/h1-8,11-13,31H,9-10H2,(H,29,30)(H,26,27,28). The normalized spacial score (nSPS) is 10.6. The van der Waals surface area contributed by atoms with Crippen LogP contribution in [0.3, 0.4) is 0 Å². The number of nitrogens with zero attached hydrogens (tertiary/aromatic N) is 2. The van der Waals surface area contributed by atoms with Gasteiger partial charge in [-0.3, -0.25) is 10.0 Å². The topological polar surface area (TPSA) is 106 Å². The van der Waals surface area contributed by atoms with Crippen molar-refractivity contribution in [1.29, 1.82) is 0 Å². The first-order valence-corrected chi connectivity index (χ1v) is 10.2. The van der Waals surface area contributed by atoms with Gasteiger partial charge in [-0.15, -0.1) is 0 Å². The van der Waals surface area contributed by atoms with Crippen LogP contribution in [0.25, 0.3) is 10.9 Å². The maximum absolute atomic E-state index is 13.4. The molecule has 0 aliphatic heterocycles. The zero-order valence-electron chi connectivity index (χ0n) is 17.1. The highest BCUT2D eigenvalue weighted by Gasteiger charge is 2.08. The molecular weight excluding hydrogens is 451 g/mol. The smallest absolute Gasteiger partial charge is 0.274 e. The van der Waals surface area contributed by atoms with Crippen molar-refractivity contribution in [2.75, 3.05) is 18.5 Å². The number of anilines is 2. The van der Waals surface area contributed by atoms with Crippen molar-refractivity contribution in [2.24, 2.45) is 0 Å². The zero-order valence-corrected chi connectivity index (χ0v) is 17.8. The van der Waals surface area contributed by atoms with E-state index in [2.05, 4.69) is 15.3 Å². The number of carbonyl (C=O) groups excluding carboxylic acids is 1. The molecule has 0 saturated heterocycles. The van der Waals surface area contributed by atoms with E-state index in [9.17, 15) is 9.18 Å². The zero-order chi connectivity index (χ0) is 23.2. The molecule has 0 saturated carbocycles. The van der Waals surface area contributed by atoms with Gasteiger partial charge < -0.3 is 14.8 Å². The lowest BCUT2D eigenvalue weighted by atomic mass is 10.2. The molecular formula is C23H18ClFN4O4. The van der Waals surface area contributed by atoms with Gasteiger partial charge in [0.2, 0.25) is 0 Å². The first-order chi connectivity index (χ1) is 16.0. The molecule has 0 spiro atoms. The van der Waals surface area contributed by atoms with Crippen LogP contribution < -0.4 is 20.3 Å². The van der Waals surface area contributed by atoms with Crippen molar-refractivity contribution in [3.05, 3.63) is 83.4 Å². The van der Waals surface area contributed by atoms with Crippen LogP contribution in [0.1, 0.15) is 10.4 Å². The second-order valence-electron chi connectivity index (χ2n) is 6.82. The number of carbonyl (C=O) groups is 1. The van der Waals surface area contributed by atoms with Gasteiger partial charge in [-0.05, 0) is 60.7 Å². The number of amides is 1. The van der Waals surface area contributed by atoms with Crippen molar-refractivity contribution >= 4 is 39.9 Å². The molecule has 1 amide bonds. The van der Waals surface area contributed by atoms with Crippen molar-refractivity contribution in [1.82, 2.24) is 15.4 Å². The van der Waals surface area contributed by atoms with Gasteiger partial charge in [-0.2, -0.15) is 0 Å². The van der Waals surface area contributed by atoms with Gasteiger partial charge in [0.25, 0.3) is 5.91 Å². The van der Waals surface area contributed by atoms with E-state index in [1.165, 1.54) is 30.6 Å². The minimum absolute atomic E-state index is 0.00804. The van der Waals surface area contributed by atoms with Crippen LogP contribution in [0.4, 0.5) is 15.9 Å². The summed E-state index contributed by atoms with van der Waals surface area (Å²) < 4.78 is 24.8. The molecule has 0 radical (unpaired) electrons. The van der Waals surface area contributed by atoms with E-state index in [0.29, 0.717) is 39.5 Å². The highest BCUT2D eigenvalue weighted by atomic mass is 35.5. The summed E-state index contributed by atoms with van der Waals surface area (Å²) in [6.07, 6.45) is 1.43.